The summed E-state index contributed by atoms with van der Waals surface area (Å²) in [5.41, 5.74) is 0.389. The van der Waals surface area contributed by atoms with Crippen molar-refractivity contribution in [3.05, 3.63) is 66.1 Å². The van der Waals surface area contributed by atoms with Crippen LogP contribution in [0.1, 0.15) is 6.92 Å². The Morgan fingerprint density at radius 1 is 1.12 bits per heavy atom. The van der Waals surface area contributed by atoms with Crippen LogP contribution in [0, 0.1) is 0 Å². The van der Waals surface area contributed by atoms with Gasteiger partial charge in [-0.15, -0.1) is 11.3 Å². The molecule has 2 amide bonds. The van der Waals surface area contributed by atoms with Crippen LogP contribution in [0.15, 0.2) is 70.4 Å². The summed E-state index contributed by atoms with van der Waals surface area (Å²) in [5.74, 6) is -2.24. The summed E-state index contributed by atoms with van der Waals surface area (Å²) in [7, 11) is 2.44. The maximum atomic E-state index is 13.2. The number of para-hydroxylation sites is 2. The van der Waals surface area contributed by atoms with E-state index in [9.17, 15) is 19.5 Å². The van der Waals surface area contributed by atoms with Crippen molar-refractivity contribution in [2.45, 2.75) is 26.5 Å². The molecule has 1 aliphatic heterocycles. The second kappa shape index (κ2) is 16.2. The number of allylic oxidation sites excluding steroid dienone is 1. The molecule has 0 bridgehead atoms. The number of likely N-dealkylation sites (tertiary alicyclic amines) is 1. The SMILES string of the molecule is C/C(O)=C(/C(=O)OCC(Cl)(Cl)Cl)N1C(=O)C(NC(=O)COc2ccccc2)C1SSc1nc2ccccc2s1.CSC. The van der Waals surface area contributed by atoms with Crippen molar-refractivity contribution in [2.24, 2.45) is 0 Å². The number of nitrogens with one attached hydrogen (secondary N) is 1. The number of carbonyl (C=O) groups excluding carboxylic acids is 3. The van der Waals surface area contributed by atoms with Crippen molar-refractivity contribution in [3.8, 4) is 5.75 Å². The maximum Gasteiger partial charge on any atom is 0.358 e. The number of β-lactam (4-membered cyclic amide) rings is 1. The average molecular weight is 711 g/mol. The van der Waals surface area contributed by atoms with Crippen LogP contribution in [-0.4, -0.2) is 73.7 Å². The predicted octanol–water partition coefficient (Wildman–Crippen LogP) is 6.45. The molecule has 16 heteroatoms. The van der Waals surface area contributed by atoms with Crippen LogP contribution in [0.4, 0.5) is 0 Å². The van der Waals surface area contributed by atoms with Gasteiger partial charge in [-0.1, -0.05) is 75.9 Å². The van der Waals surface area contributed by atoms with Crippen molar-refractivity contribution in [1.29, 1.82) is 0 Å². The van der Waals surface area contributed by atoms with E-state index in [1.54, 1.807) is 36.0 Å². The molecule has 0 aliphatic carbocycles. The Balaban J connectivity index is 0.00000155. The lowest BCUT2D eigenvalue weighted by Gasteiger charge is -2.46. The molecule has 0 saturated carbocycles. The number of carbonyl (C=O) groups is 3. The van der Waals surface area contributed by atoms with Gasteiger partial charge in [-0.25, -0.2) is 9.78 Å². The second-order valence-electron chi connectivity index (χ2n) is 8.41. The number of ether oxygens (including phenoxy) is 2. The zero-order chi connectivity index (χ0) is 30.9. The number of halogens is 3. The van der Waals surface area contributed by atoms with Gasteiger partial charge in [0.15, 0.2) is 16.6 Å². The highest BCUT2D eigenvalue weighted by Gasteiger charge is 2.53. The number of thiazole rings is 1. The Morgan fingerprint density at radius 2 is 1.76 bits per heavy atom. The number of rotatable bonds is 10. The third-order valence-corrected chi connectivity index (χ3v) is 9.45. The molecule has 2 atom stereocenters. The molecule has 2 heterocycles. The number of benzene rings is 2. The van der Waals surface area contributed by atoms with Gasteiger partial charge in [-0.2, -0.15) is 11.8 Å². The minimum absolute atomic E-state index is 0.330. The van der Waals surface area contributed by atoms with Crippen molar-refractivity contribution in [2.75, 3.05) is 25.7 Å². The molecule has 42 heavy (non-hydrogen) atoms. The first-order valence-corrected chi connectivity index (χ1v) is 17.8. The smallest absolute Gasteiger partial charge is 0.358 e. The number of hydrogen-bond donors (Lipinski definition) is 2. The first kappa shape index (κ1) is 34.5. The van der Waals surface area contributed by atoms with Crippen molar-refractivity contribution in [1.82, 2.24) is 15.2 Å². The van der Waals surface area contributed by atoms with Crippen molar-refractivity contribution in [3.63, 3.8) is 0 Å². The fourth-order valence-electron chi connectivity index (χ4n) is 3.43. The molecule has 2 N–H and O–H groups in total. The highest BCUT2D eigenvalue weighted by atomic mass is 35.6. The molecule has 0 radical (unpaired) electrons. The summed E-state index contributed by atoms with van der Waals surface area (Å²) in [6.07, 6.45) is 4.08. The zero-order valence-electron chi connectivity index (χ0n) is 22.4. The number of alkyl halides is 3. The molecule has 1 fully saturated rings. The quantitative estimate of drug-likeness (QED) is 0.0607. The predicted molar refractivity (Wildman–Crippen MR) is 174 cm³/mol. The molecule has 9 nitrogen and oxygen atoms in total. The van der Waals surface area contributed by atoms with E-state index in [1.165, 1.54) is 39.8 Å². The first-order valence-electron chi connectivity index (χ1n) is 12.0. The molecular formula is C26H26Cl3N3O6S4. The minimum Gasteiger partial charge on any atom is -0.510 e. The lowest BCUT2D eigenvalue weighted by molar-refractivity contribution is -0.153. The van der Waals surface area contributed by atoms with Gasteiger partial charge in [0.2, 0.25) is 3.79 Å². The molecule has 1 saturated heterocycles. The Kier molecular flexibility index (Phi) is 13.3. The summed E-state index contributed by atoms with van der Waals surface area (Å²) < 4.78 is 10.3. The summed E-state index contributed by atoms with van der Waals surface area (Å²) >= 11 is 20.2. The van der Waals surface area contributed by atoms with E-state index in [1.807, 2.05) is 42.8 Å². The molecule has 1 aliphatic rings. The van der Waals surface area contributed by atoms with Crippen LogP contribution >= 0.6 is 79.5 Å². The van der Waals surface area contributed by atoms with Crippen LogP contribution in [0.25, 0.3) is 10.2 Å². The summed E-state index contributed by atoms with van der Waals surface area (Å²) in [5, 5.41) is 12.1. The number of thioether (sulfide) groups is 1. The van der Waals surface area contributed by atoms with E-state index in [0.717, 1.165) is 15.1 Å². The highest BCUT2D eigenvalue weighted by molar-refractivity contribution is 8.77. The fraction of sp³-hybridized carbons (Fsp3) is 0.308. The van der Waals surface area contributed by atoms with Crippen LogP contribution in [0.2, 0.25) is 0 Å². The first-order chi connectivity index (χ1) is 19.9. The van der Waals surface area contributed by atoms with Crippen LogP contribution < -0.4 is 10.1 Å². The van der Waals surface area contributed by atoms with E-state index in [2.05, 4.69) is 10.3 Å². The number of esters is 1. The molecule has 3 aromatic rings. The summed E-state index contributed by atoms with van der Waals surface area (Å²) in [4.78, 5) is 44.2. The Bertz CT molecular complexity index is 1380. The van der Waals surface area contributed by atoms with Crippen molar-refractivity contribution < 1.29 is 29.0 Å². The molecule has 2 aromatic carbocycles. The molecule has 0 spiro atoms. The normalized spacial score (nSPS) is 17.0. The third kappa shape index (κ3) is 9.76. The van der Waals surface area contributed by atoms with Crippen molar-refractivity contribution >= 4 is 107 Å². The lowest BCUT2D eigenvalue weighted by atomic mass is 10.1. The number of aliphatic hydroxyl groups is 1. The van der Waals surface area contributed by atoms with Gasteiger partial charge in [0.05, 0.1) is 10.2 Å². The van der Waals surface area contributed by atoms with Gasteiger partial charge >= 0.3 is 5.97 Å². The Labute approximate surface area is 274 Å². The van der Waals surface area contributed by atoms with Crippen LogP contribution in [-0.2, 0) is 19.1 Å². The van der Waals surface area contributed by atoms with Gasteiger partial charge in [-0.05, 0) is 54.5 Å². The number of hydrogen-bond acceptors (Lipinski definition) is 11. The second-order valence-corrected chi connectivity index (χ2v) is 15.3. The monoisotopic (exact) mass is 709 g/mol. The number of aromatic nitrogens is 1. The molecule has 2 unspecified atom stereocenters. The van der Waals surface area contributed by atoms with Crippen LogP contribution in [0.5, 0.6) is 5.75 Å². The average Bonchev–Trinajstić information content (AvgIpc) is 3.37. The van der Waals surface area contributed by atoms with Gasteiger partial charge in [0, 0.05) is 0 Å². The highest BCUT2D eigenvalue weighted by Crippen LogP contribution is 2.45. The number of amides is 2. The topological polar surface area (TPSA) is 118 Å². The number of aliphatic hydroxyl groups excluding tert-OH is 1. The number of nitrogens with zero attached hydrogens (tertiary/aromatic N) is 2. The molecule has 4 rings (SSSR count). The van der Waals surface area contributed by atoms with Gasteiger partial charge < -0.3 is 19.9 Å². The molecule has 1 aromatic heterocycles. The van der Waals surface area contributed by atoms with E-state index in [-0.39, 0.29) is 6.61 Å². The zero-order valence-corrected chi connectivity index (χ0v) is 27.9. The summed E-state index contributed by atoms with van der Waals surface area (Å²) in [6.45, 7) is 0.287. The van der Waals surface area contributed by atoms with Gasteiger partial charge in [-0.3, -0.25) is 14.5 Å². The van der Waals surface area contributed by atoms with Crippen LogP contribution in [0.3, 0.4) is 0 Å². The molecular weight excluding hydrogens is 685 g/mol. The number of fused-ring (bicyclic) bond motifs is 1. The minimum atomic E-state index is -1.89. The van der Waals surface area contributed by atoms with Gasteiger partial charge in [0.1, 0.15) is 29.5 Å². The maximum absolute atomic E-state index is 13.2. The van der Waals surface area contributed by atoms with E-state index in [0.29, 0.717) is 10.1 Å². The Hall–Kier alpha value is -2.00. The third-order valence-electron chi connectivity index (χ3n) is 5.11. The van der Waals surface area contributed by atoms with E-state index < -0.39 is 51.1 Å². The standard InChI is InChI=1S/C24H20Cl3N3O6S3.C2H6S/c1-13(31)19(22(34)36-12-24(25,26)27)30-20(33)18(29-17(32)11-35-14-7-3-2-4-8-14)21(30)38-39-23-28-15-9-5-6-10-16(15)37-23;1-3-2/h2-10,18,21,31H,11-12H2,1H3,(H,29,32);1-2H3/b19-13+;. The van der Waals surface area contributed by atoms with Gasteiger partial charge in [0.25, 0.3) is 11.8 Å². The largest absolute Gasteiger partial charge is 0.510 e. The van der Waals surface area contributed by atoms with E-state index in [4.69, 9.17) is 44.3 Å². The summed E-state index contributed by atoms with van der Waals surface area (Å²) in [6, 6.07) is 15.3. The fourth-order valence-corrected chi connectivity index (χ4v) is 7.51. The molecule has 226 valence electrons. The lowest BCUT2D eigenvalue weighted by Crippen LogP contribution is -2.69. The Morgan fingerprint density at radius 3 is 2.38 bits per heavy atom. The van der Waals surface area contributed by atoms with E-state index >= 15 is 0 Å².